The van der Waals surface area contributed by atoms with Gasteiger partial charge in [0.2, 0.25) is 0 Å². The van der Waals surface area contributed by atoms with Crippen LogP contribution in [-0.4, -0.2) is 12.6 Å². The van der Waals surface area contributed by atoms with Crippen LogP contribution in [0.4, 0.5) is 8.78 Å². The molecule has 0 atom stereocenters. The van der Waals surface area contributed by atoms with Gasteiger partial charge in [0.1, 0.15) is 11.6 Å². The molecule has 0 N–H and O–H groups in total. The highest BCUT2D eigenvalue weighted by molar-refractivity contribution is 9.10. The van der Waals surface area contributed by atoms with E-state index in [0.29, 0.717) is 4.47 Å². The molecule has 0 aliphatic heterocycles. The topological polar surface area (TPSA) is 26.3 Å². The molecule has 0 saturated carbocycles. The number of benzene rings is 1. The van der Waals surface area contributed by atoms with Crippen LogP contribution >= 0.6 is 15.9 Å². The van der Waals surface area contributed by atoms with Gasteiger partial charge in [-0.25, -0.2) is 13.6 Å². The third kappa shape index (κ3) is 4.41. The molecule has 0 amide bonds. The Morgan fingerprint density at radius 2 is 1.94 bits per heavy atom. The number of carbonyl (C=O) groups excluding carboxylic acids is 1. The van der Waals surface area contributed by atoms with Crippen molar-refractivity contribution in [1.82, 2.24) is 0 Å². The third-order valence-corrected chi connectivity index (χ3v) is 2.39. The van der Waals surface area contributed by atoms with Crippen molar-refractivity contribution in [1.29, 1.82) is 0 Å². The molecule has 0 saturated heterocycles. The number of halogens is 3. The Hall–Kier alpha value is -1.49. The molecule has 0 aliphatic carbocycles. The Morgan fingerprint density at radius 3 is 2.50 bits per heavy atom. The van der Waals surface area contributed by atoms with Crippen LogP contribution in [0.2, 0.25) is 0 Å². The van der Waals surface area contributed by atoms with Crippen molar-refractivity contribution in [2.24, 2.45) is 0 Å². The third-order valence-electron chi connectivity index (χ3n) is 1.94. The average Bonchev–Trinajstić information content (AvgIpc) is 2.27. The summed E-state index contributed by atoms with van der Waals surface area (Å²) in [5.74, 6) is -1.86. The summed E-state index contributed by atoms with van der Waals surface area (Å²) in [6.45, 7) is 1.97. The van der Waals surface area contributed by atoms with E-state index in [1.54, 1.807) is 6.92 Å². The van der Waals surface area contributed by atoms with Crippen molar-refractivity contribution in [2.45, 2.75) is 6.92 Å². The highest BCUT2D eigenvalue weighted by Gasteiger charge is 2.06. The first-order valence-corrected chi connectivity index (χ1v) is 6.00. The van der Waals surface area contributed by atoms with Crippen molar-refractivity contribution in [3.05, 3.63) is 52.0 Å². The highest BCUT2D eigenvalue weighted by Crippen LogP contribution is 2.20. The van der Waals surface area contributed by atoms with Crippen LogP contribution < -0.4 is 0 Å². The van der Waals surface area contributed by atoms with Crippen molar-refractivity contribution < 1.29 is 18.3 Å². The van der Waals surface area contributed by atoms with Crippen molar-refractivity contribution >= 4 is 28.0 Å². The molecule has 1 aromatic carbocycles. The quantitative estimate of drug-likeness (QED) is 0.479. The molecular weight excluding hydrogens is 306 g/mol. The van der Waals surface area contributed by atoms with Gasteiger partial charge in [-0.15, -0.1) is 0 Å². The minimum Gasteiger partial charge on any atom is -0.463 e. The zero-order chi connectivity index (χ0) is 13.5. The minimum atomic E-state index is -0.678. The molecule has 0 aromatic heterocycles. The average molecular weight is 317 g/mol. The molecule has 5 heteroatoms. The molecule has 18 heavy (non-hydrogen) atoms. The van der Waals surface area contributed by atoms with E-state index in [1.165, 1.54) is 24.3 Å². The molecule has 0 radical (unpaired) electrons. The SMILES string of the molecule is CCOC(=O)/C=C/C=Cc1c(F)cc(Br)cc1F. The number of carbonyl (C=O) groups is 1. The van der Waals surface area contributed by atoms with Gasteiger partial charge in [0, 0.05) is 16.1 Å². The fourth-order valence-corrected chi connectivity index (χ4v) is 1.59. The summed E-state index contributed by atoms with van der Waals surface area (Å²) >= 11 is 2.99. The Balaban J connectivity index is 2.76. The van der Waals surface area contributed by atoms with Gasteiger partial charge in [0.25, 0.3) is 0 Å². The second-order valence-electron chi connectivity index (χ2n) is 3.25. The predicted octanol–water partition coefficient (Wildman–Crippen LogP) is 3.86. The van der Waals surface area contributed by atoms with Gasteiger partial charge in [-0.05, 0) is 25.1 Å². The zero-order valence-electron chi connectivity index (χ0n) is 9.62. The fraction of sp³-hybridized carbons (Fsp3) is 0.154. The number of allylic oxidation sites excluding steroid dienone is 2. The second kappa shape index (κ2) is 7.06. The van der Waals surface area contributed by atoms with Crippen LogP contribution in [0, 0.1) is 11.6 Å². The largest absolute Gasteiger partial charge is 0.463 e. The molecule has 1 aromatic rings. The van der Waals surface area contributed by atoms with Crippen LogP contribution in [0.5, 0.6) is 0 Å². The number of esters is 1. The first-order valence-electron chi connectivity index (χ1n) is 5.20. The summed E-state index contributed by atoms with van der Waals surface area (Å²) in [6.07, 6.45) is 5.15. The summed E-state index contributed by atoms with van der Waals surface area (Å²) in [7, 11) is 0. The summed E-state index contributed by atoms with van der Waals surface area (Å²) in [5.41, 5.74) is -0.160. The molecular formula is C13H11BrF2O2. The van der Waals surface area contributed by atoms with E-state index in [2.05, 4.69) is 20.7 Å². The lowest BCUT2D eigenvalue weighted by atomic mass is 10.2. The molecule has 2 nitrogen and oxygen atoms in total. The molecule has 1 rings (SSSR count). The van der Waals surface area contributed by atoms with Crippen molar-refractivity contribution in [3.8, 4) is 0 Å². The van der Waals surface area contributed by atoms with E-state index in [-0.39, 0.29) is 12.2 Å². The lowest BCUT2D eigenvalue weighted by molar-refractivity contribution is -0.137. The zero-order valence-corrected chi connectivity index (χ0v) is 11.2. The molecule has 0 heterocycles. The number of ether oxygens (including phenoxy) is 1. The van der Waals surface area contributed by atoms with Gasteiger partial charge in [-0.2, -0.15) is 0 Å². The van der Waals surface area contributed by atoms with Crippen LogP contribution in [0.1, 0.15) is 12.5 Å². The summed E-state index contributed by atoms with van der Waals surface area (Å²) < 4.78 is 31.7. The maximum absolute atomic E-state index is 13.4. The highest BCUT2D eigenvalue weighted by atomic mass is 79.9. The van der Waals surface area contributed by atoms with E-state index in [1.807, 2.05) is 0 Å². The molecule has 0 aliphatic rings. The smallest absolute Gasteiger partial charge is 0.330 e. The lowest BCUT2D eigenvalue weighted by Gasteiger charge is -1.99. The number of hydrogen-bond donors (Lipinski definition) is 0. The van der Waals surface area contributed by atoms with Crippen molar-refractivity contribution in [2.75, 3.05) is 6.61 Å². The molecule has 0 spiro atoms. The Morgan fingerprint density at radius 1 is 1.33 bits per heavy atom. The van der Waals surface area contributed by atoms with Crippen LogP contribution in [0.15, 0.2) is 34.8 Å². The van der Waals surface area contributed by atoms with Crippen molar-refractivity contribution in [3.63, 3.8) is 0 Å². The monoisotopic (exact) mass is 316 g/mol. The molecule has 0 unspecified atom stereocenters. The van der Waals surface area contributed by atoms with E-state index >= 15 is 0 Å². The summed E-state index contributed by atoms with van der Waals surface area (Å²) in [6, 6.07) is 2.33. The van der Waals surface area contributed by atoms with E-state index in [4.69, 9.17) is 0 Å². The standard InChI is InChI=1S/C13H11BrF2O2/c1-2-18-13(17)6-4-3-5-10-11(15)7-9(14)8-12(10)16/h3-8H,2H2,1H3/b5-3?,6-4+. The molecule has 96 valence electrons. The molecule has 0 bridgehead atoms. The second-order valence-corrected chi connectivity index (χ2v) is 4.17. The van der Waals surface area contributed by atoms with Crippen LogP contribution in [0.3, 0.4) is 0 Å². The van der Waals surface area contributed by atoms with Gasteiger partial charge in [-0.3, -0.25) is 0 Å². The van der Waals surface area contributed by atoms with Gasteiger partial charge in [0.15, 0.2) is 0 Å². The minimum absolute atomic E-state index is 0.160. The predicted molar refractivity (Wildman–Crippen MR) is 68.9 cm³/mol. The van der Waals surface area contributed by atoms with Gasteiger partial charge < -0.3 is 4.74 Å². The number of hydrogen-bond acceptors (Lipinski definition) is 2. The maximum atomic E-state index is 13.4. The first kappa shape index (κ1) is 14.6. The van der Waals surface area contributed by atoms with E-state index in [0.717, 1.165) is 12.1 Å². The Labute approximate surface area is 112 Å². The van der Waals surface area contributed by atoms with Crippen LogP contribution in [-0.2, 0) is 9.53 Å². The number of rotatable bonds is 4. The van der Waals surface area contributed by atoms with Gasteiger partial charge in [-0.1, -0.05) is 28.1 Å². The maximum Gasteiger partial charge on any atom is 0.330 e. The first-order chi connectivity index (χ1) is 8.54. The Kier molecular flexibility index (Phi) is 5.71. The fourth-order valence-electron chi connectivity index (χ4n) is 1.19. The lowest BCUT2D eigenvalue weighted by Crippen LogP contribution is -1.98. The summed E-state index contributed by atoms with van der Waals surface area (Å²) in [5, 5.41) is 0. The van der Waals surface area contributed by atoms with Gasteiger partial charge in [0.05, 0.1) is 6.61 Å². The van der Waals surface area contributed by atoms with E-state index in [9.17, 15) is 13.6 Å². The molecule has 0 fully saturated rings. The summed E-state index contributed by atoms with van der Waals surface area (Å²) in [4.78, 5) is 10.9. The normalized spacial score (nSPS) is 11.3. The van der Waals surface area contributed by atoms with Gasteiger partial charge >= 0.3 is 5.97 Å². The van der Waals surface area contributed by atoms with E-state index < -0.39 is 17.6 Å². The Bertz CT molecular complexity index is 473. The van der Waals surface area contributed by atoms with Crippen LogP contribution in [0.25, 0.3) is 6.08 Å².